The molecule has 2 amide bonds. The van der Waals surface area contributed by atoms with Crippen molar-refractivity contribution in [3.63, 3.8) is 0 Å². The summed E-state index contributed by atoms with van der Waals surface area (Å²) in [5, 5.41) is 39.7. The van der Waals surface area contributed by atoms with Gasteiger partial charge in [-0.05, 0) is 81.1 Å². The number of anilines is 1. The minimum absolute atomic E-state index is 0.104. The molecule has 0 unspecified atom stereocenters. The third kappa shape index (κ3) is 5.86. The van der Waals surface area contributed by atoms with Crippen LogP contribution in [0.2, 0.25) is 0 Å². The number of hydrogen-bond donors (Lipinski definition) is 4. The number of carbonyl (C=O) groups is 2. The normalized spacial score (nSPS) is 11.3. The van der Waals surface area contributed by atoms with E-state index >= 15 is 0 Å². The Morgan fingerprint density at radius 2 is 1.87 bits per heavy atom. The number of pyridine rings is 2. The van der Waals surface area contributed by atoms with Crippen molar-refractivity contribution in [3.8, 4) is 6.07 Å². The molecule has 39 heavy (non-hydrogen) atoms. The van der Waals surface area contributed by atoms with E-state index in [1.807, 2.05) is 25.1 Å². The number of aryl methyl sites for hydroxylation is 3. The molecular formula is C28H29N7O4. The largest absolute Gasteiger partial charge is 0.465 e. The SMILES string of the molecule is Cc1cnc2c(C(C)(C)O)cc(Cn3ncc(C(=O)NCc4c(C)cc(NC(=O)O)nc4C)c3C#N)cc2c1. The Kier molecular flexibility index (Phi) is 7.34. The number of nitrogens with one attached hydrogen (secondary N) is 2. The zero-order valence-electron chi connectivity index (χ0n) is 22.3. The summed E-state index contributed by atoms with van der Waals surface area (Å²) in [6.45, 7) is 9.20. The predicted molar refractivity (Wildman–Crippen MR) is 144 cm³/mol. The first-order valence-electron chi connectivity index (χ1n) is 12.2. The first-order chi connectivity index (χ1) is 18.4. The van der Waals surface area contributed by atoms with E-state index in [9.17, 15) is 20.0 Å². The fourth-order valence-electron chi connectivity index (χ4n) is 4.50. The standard InChI is InChI=1S/C28H29N7O4/c1-15-6-19-8-18(9-22(28(4,5)39)25(19)30-11-15)14-35-23(10-29)21(13-32-35)26(36)31-12-20-16(2)7-24(33-17(20)3)34-27(37)38/h6-9,11,13,39H,12,14H2,1-5H3,(H,31,36)(H,33,34)(H,37,38). The maximum atomic E-state index is 13.0. The number of carboxylic acid groups (broad SMARTS) is 1. The fourth-order valence-corrected chi connectivity index (χ4v) is 4.50. The summed E-state index contributed by atoms with van der Waals surface area (Å²) in [5.41, 5.74) is 4.29. The lowest BCUT2D eigenvalue weighted by atomic mass is 9.93. The van der Waals surface area contributed by atoms with Crippen LogP contribution in [-0.4, -0.2) is 42.0 Å². The zero-order chi connectivity index (χ0) is 28.5. The summed E-state index contributed by atoms with van der Waals surface area (Å²) in [6.07, 6.45) is 1.90. The summed E-state index contributed by atoms with van der Waals surface area (Å²) >= 11 is 0. The van der Waals surface area contributed by atoms with Gasteiger partial charge in [0, 0.05) is 29.4 Å². The van der Waals surface area contributed by atoms with E-state index in [0.717, 1.165) is 27.6 Å². The Hall–Kier alpha value is -4.82. The Balaban J connectivity index is 1.58. The van der Waals surface area contributed by atoms with Gasteiger partial charge in [0.25, 0.3) is 5.91 Å². The van der Waals surface area contributed by atoms with Crippen molar-refractivity contribution in [3.05, 3.63) is 81.4 Å². The fraction of sp³-hybridized carbons (Fsp3) is 0.286. The van der Waals surface area contributed by atoms with Gasteiger partial charge in [0.05, 0.1) is 29.4 Å². The van der Waals surface area contributed by atoms with Gasteiger partial charge in [-0.1, -0.05) is 0 Å². The molecule has 11 heteroatoms. The molecule has 0 fully saturated rings. The monoisotopic (exact) mass is 527 g/mol. The molecule has 11 nitrogen and oxygen atoms in total. The van der Waals surface area contributed by atoms with Crippen LogP contribution in [0.1, 0.15) is 63.4 Å². The van der Waals surface area contributed by atoms with Crippen molar-refractivity contribution >= 4 is 28.7 Å². The molecule has 4 aromatic rings. The number of aliphatic hydroxyl groups is 1. The lowest BCUT2D eigenvalue weighted by molar-refractivity contribution is 0.0799. The van der Waals surface area contributed by atoms with E-state index in [1.54, 1.807) is 40.0 Å². The van der Waals surface area contributed by atoms with Crippen molar-refractivity contribution in [2.24, 2.45) is 0 Å². The van der Waals surface area contributed by atoms with Crippen LogP contribution >= 0.6 is 0 Å². The summed E-state index contributed by atoms with van der Waals surface area (Å²) < 4.78 is 1.46. The molecule has 3 heterocycles. The number of fused-ring (bicyclic) bond motifs is 1. The average molecular weight is 528 g/mol. The second kappa shape index (κ2) is 10.5. The molecule has 200 valence electrons. The lowest BCUT2D eigenvalue weighted by Gasteiger charge is -2.21. The Morgan fingerprint density at radius 1 is 1.13 bits per heavy atom. The molecule has 0 bridgehead atoms. The molecule has 0 spiro atoms. The topological polar surface area (TPSA) is 166 Å². The molecule has 4 N–H and O–H groups in total. The Bertz CT molecular complexity index is 1620. The van der Waals surface area contributed by atoms with Crippen LogP contribution in [0.25, 0.3) is 10.9 Å². The van der Waals surface area contributed by atoms with Gasteiger partial charge < -0.3 is 15.5 Å². The van der Waals surface area contributed by atoms with Crippen LogP contribution in [0.15, 0.2) is 36.7 Å². The third-order valence-electron chi connectivity index (χ3n) is 6.38. The molecule has 1 aromatic carbocycles. The number of hydrogen-bond acceptors (Lipinski definition) is 7. The number of nitriles is 1. The van der Waals surface area contributed by atoms with Gasteiger partial charge in [0.2, 0.25) is 0 Å². The highest BCUT2D eigenvalue weighted by Crippen LogP contribution is 2.29. The molecule has 0 aliphatic heterocycles. The van der Waals surface area contributed by atoms with Gasteiger partial charge in [-0.15, -0.1) is 0 Å². The van der Waals surface area contributed by atoms with Crippen LogP contribution in [-0.2, 0) is 18.7 Å². The molecular weight excluding hydrogens is 498 g/mol. The van der Waals surface area contributed by atoms with Crippen LogP contribution < -0.4 is 10.6 Å². The van der Waals surface area contributed by atoms with Crippen LogP contribution in [0.4, 0.5) is 10.6 Å². The van der Waals surface area contributed by atoms with Gasteiger partial charge >= 0.3 is 6.09 Å². The van der Waals surface area contributed by atoms with Gasteiger partial charge in [0.15, 0.2) is 5.69 Å². The van der Waals surface area contributed by atoms with Gasteiger partial charge in [-0.25, -0.2) is 14.5 Å². The van der Waals surface area contributed by atoms with E-state index in [2.05, 4.69) is 31.8 Å². The maximum Gasteiger partial charge on any atom is 0.410 e. The van der Waals surface area contributed by atoms with Crippen LogP contribution in [0.5, 0.6) is 0 Å². The summed E-state index contributed by atoms with van der Waals surface area (Å²) in [7, 11) is 0. The molecule has 0 aliphatic carbocycles. The minimum atomic E-state index is -1.21. The number of aromatic nitrogens is 4. The molecule has 4 rings (SSSR count). The quantitative estimate of drug-likeness (QED) is 0.281. The molecule has 0 atom stereocenters. The van der Waals surface area contributed by atoms with Gasteiger partial charge in [-0.3, -0.25) is 15.1 Å². The summed E-state index contributed by atoms with van der Waals surface area (Å²) in [5.74, 6) is -0.271. The van der Waals surface area contributed by atoms with Crippen molar-refractivity contribution in [1.82, 2.24) is 25.1 Å². The second-order valence-corrected chi connectivity index (χ2v) is 9.96. The van der Waals surface area contributed by atoms with E-state index in [-0.39, 0.29) is 30.2 Å². The van der Waals surface area contributed by atoms with Crippen molar-refractivity contribution in [2.45, 2.75) is 53.3 Å². The molecule has 3 aromatic heterocycles. The molecule has 0 radical (unpaired) electrons. The highest BCUT2D eigenvalue weighted by Gasteiger charge is 2.23. The van der Waals surface area contributed by atoms with Gasteiger partial charge in [-0.2, -0.15) is 10.4 Å². The second-order valence-electron chi connectivity index (χ2n) is 9.96. The zero-order valence-corrected chi connectivity index (χ0v) is 22.3. The predicted octanol–water partition coefficient (Wildman–Crippen LogP) is 3.92. The van der Waals surface area contributed by atoms with Crippen LogP contribution in [0, 0.1) is 32.1 Å². The van der Waals surface area contributed by atoms with Crippen molar-refractivity contribution in [2.75, 3.05) is 5.32 Å². The summed E-state index contributed by atoms with van der Waals surface area (Å²) in [4.78, 5) is 32.7. The Morgan fingerprint density at radius 3 is 2.51 bits per heavy atom. The van der Waals surface area contributed by atoms with E-state index < -0.39 is 17.6 Å². The average Bonchev–Trinajstić information content (AvgIpc) is 3.24. The summed E-state index contributed by atoms with van der Waals surface area (Å²) in [6, 6.07) is 9.44. The number of amides is 2. The van der Waals surface area contributed by atoms with Crippen LogP contribution in [0.3, 0.4) is 0 Å². The lowest BCUT2D eigenvalue weighted by Crippen LogP contribution is -2.25. The minimum Gasteiger partial charge on any atom is -0.465 e. The number of carbonyl (C=O) groups excluding carboxylic acids is 1. The number of nitrogens with zero attached hydrogens (tertiary/aromatic N) is 5. The first-order valence-corrected chi connectivity index (χ1v) is 12.2. The third-order valence-corrected chi connectivity index (χ3v) is 6.38. The first kappa shape index (κ1) is 27.2. The van der Waals surface area contributed by atoms with E-state index in [4.69, 9.17) is 5.11 Å². The van der Waals surface area contributed by atoms with Crippen molar-refractivity contribution in [1.29, 1.82) is 5.26 Å². The highest BCUT2D eigenvalue weighted by molar-refractivity contribution is 5.96. The highest BCUT2D eigenvalue weighted by atomic mass is 16.4. The maximum absolute atomic E-state index is 13.0. The van der Waals surface area contributed by atoms with Crippen molar-refractivity contribution < 1.29 is 19.8 Å². The molecule has 0 saturated carbocycles. The Labute approximate surface area is 225 Å². The number of benzene rings is 1. The molecule has 0 saturated heterocycles. The number of rotatable bonds is 7. The van der Waals surface area contributed by atoms with Gasteiger partial charge in [0.1, 0.15) is 11.9 Å². The molecule has 0 aliphatic rings. The van der Waals surface area contributed by atoms with E-state index in [0.29, 0.717) is 16.8 Å². The smallest absolute Gasteiger partial charge is 0.410 e. The van der Waals surface area contributed by atoms with E-state index in [1.165, 1.54) is 10.9 Å².